The maximum Gasteiger partial charge on any atom is 0.205 e. The fraction of sp³-hybridized carbons (Fsp3) is 0.750. The molecule has 0 amide bonds. The zero-order valence-electron chi connectivity index (χ0n) is 11.2. The maximum atomic E-state index is 7.56. The van der Waals surface area contributed by atoms with Crippen molar-refractivity contribution in [2.45, 2.75) is 39.0 Å². The summed E-state index contributed by atoms with van der Waals surface area (Å²) in [5.74, 6) is 1.36. The van der Waals surface area contributed by atoms with E-state index in [0.29, 0.717) is 5.84 Å². The van der Waals surface area contributed by atoms with E-state index in [0.717, 1.165) is 36.9 Å². The highest BCUT2D eigenvalue weighted by molar-refractivity contribution is 7.09. The summed E-state index contributed by atoms with van der Waals surface area (Å²) >= 11 is 1.45. The fourth-order valence-electron chi connectivity index (χ4n) is 2.05. The van der Waals surface area contributed by atoms with Crippen molar-refractivity contribution in [1.29, 1.82) is 5.41 Å². The average Bonchev–Trinajstić information content (AvgIpc) is 2.78. The molecule has 1 saturated heterocycles. The normalized spacial score (nSPS) is 21.1. The summed E-state index contributed by atoms with van der Waals surface area (Å²) in [6, 6.07) is 0. The van der Waals surface area contributed by atoms with E-state index >= 15 is 0 Å². The Bertz CT molecular complexity index is 434. The lowest BCUT2D eigenvalue weighted by Gasteiger charge is -2.31. The van der Waals surface area contributed by atoms with Gasteiger partial charge in [-0.2, -0.15) is 4.37 Å². The Hall–Kier alpha value is -1.17. The number of aromatic nitrogens is 2. The van der Waals surface area contributed by atoms with Gasteiger partial charge in [-0.1, -0.05) is 20.8 Å². The SMILES string of the molecule is CC(C)(C)c1nsc(N2CCCC(C(=N)N)C2)n1. The lowest BCUT2D eigenvalue weighted by Crippen LogP contribution is -2.40. The van der Waals surface area contributed by atoms with Crippen molar-refractivity contribution in [2.75, 3.05) is 18.0 Å². The third kappa shape index (κ3) is 2.80. The van der Waals surface area contributed by atoms with Crippen molar-refractivity contribution in [1.82, 2.24) is 9.36 Å². The van der Waals surface area contributed by atoms with Crippen LogP contribution in [0.5, 0.6) is 0 Å². The highest BCUT2D eigenvalue weighted by Gasteiger charge is 2.26. The summed E-state index contributed by atoms with van der Waals surface area (Å²) in [6.07, 6.45) is 2.07. The fourth-order valence-corrected chi connectivity index (χ4v) is 2.94. The van der Waals surface area contributed by atoms with Crippen molar-refractivity contribution in [3.05, 3.63) is 5.82 Å². The van der Waals surface area contributed by atoms with E-state index in [1.54, 1.807) is 0 Å². The van der Waals surface area contributed by atoms with Crippen LogP contribution in [-0.4, -0.2) is 28.3 Å². The monoisotopic (exact) mass is 267 g/mol. The third-order valence-electron chi connectivity index (χ3n) is 3.22. The molecule has 6 heteroatoms. The van der Waals surface area contributed by atoms with Crippen LogP contribution in [0, 0.1) is 11.3 Å². The number of amidine groups is 1. The first-order valence-corrected chi connectivity index (χ1v) is 7.08. The van der Waals surface area contributed by atoms with E-state index < -0.39 is 0 Å². The number of rotatable bonds is 2. The van der Waals surface area contributed by atoms with E-state index in [1.165, 1.54) is 11.5 Å². The van der Waals surface area contributed by atoms with E-state index in [-0.39, 0.29) is 11.3 Å². The molecule has 100 valence electrons. The van der Waals surface area contributed by atoms with Gasteiger partial charge >= 0.3 is 0 Å². The highest BCUT2D eigenvalue weighted by Crippen LogP contribution is 2.28. The maximum absolute atomic E-state index is 7.56. The number of hydrogen-bond donors (Lipinski definition) is 2. The Morgan fingerprint density at radius 1 is 1.50 bits per heavy atom. The van der Waals surface area contributed by atoms with E-state index in [9.17, 15) is 0 Å². The van der Waals surface area contributed by atoms with Gasteiger partial charge in [-0.25, -0.2) is 4.98 Å². The molecule has 2 rings (SSSR count). The smallest absolute Gasteiger partial charge is 0.205 e. The van der Waals surface area contributed by atoms with Gasteiger partial charge in [0.1, 0.15) is 5.82 Å². The molecule has 5 nitrogen and oxygen atoms in total. The quantitative estimate of drug-likeness (QED) is 0.634. The number of nitrogens with two attached hydrogens (primary N) is 1. The summed E-state index contributed by atoms with van der Waals surface area (Å²) in [5.41, 5.74) is 5.60. The number of anilines is 1. The molecule has 1 aromatic heterocycles. The number of hydrogen-bond acceptors (Lipinski definition) is 5. The molecule has 0 saturated carbocycles. The zero-order valence-corrected chi connectivity index (χ0v) is 12.0. The minimum Gasteiger partial charge on any atom is -0.387 e. The van der Waals surface area contributed by atoms with E-state index in [1.807, 2.05) is 0 Å². The van der Waals surface area contributed by atoms with Crippen LogP contribution in [0.15, 0.2) is 0 Å². The molecule has 0 radical (unpaired) electrons. The Labute approximate surface area is 112 Å². The first-order chi connectivity index (χ1) is 8.38. The van der Waals surface area contributed by atoms with Crippen LogP contribution < -0.4 is 10.6 Å². The van der Waals surface area contributed by atoms with Crippen LogP contribution >= 0.6 is 11.5 Å². The van der Waals surface area contributed by atoms with Gasteiger partial charge in [-0.3, -0.25) is 5.41 Å². The van der Waals surface area contributed by atoms with Crippen LogP contribution in [0.2, 0.25) is 0 Å². The standard InChI is InChI=1S/C12H21N5S/c1-12(2,3)10-15-11(18-16-10)17-6-4-5-8(7-17)9(13)14/h8H,4-7H2,1-3H3,(H3,13,14). The molecular weight excluding hydrogens is 246 g/mol. The largest absolute Gasteiger partial charge is 0.387 e. The van der Waals surface area contributed by atoms with Crippen LogP contribution in [0.1, 0.15) is 39.4 Å². The second kappa shape index (κ2) is 4.84. The van der Waals surface area contributed by atoms with Gasteiger partial charge in [-0.15, -0.1) is 0 Å². The first kappa shape index (κ1) is 13.3. The molecule has 1 aromatic rings. The molecule has 2 heterocycles. The zero-order chi connectivity index (χ0) is 13.3. The van der Waals surface area contributed by atoms with Gasteiger partial charge in [0.2, 0.25) is 5.13 Å². The topological polar surface area (TPSA) is 78.9 Å². The van der Waals surface area contributed by atoms with Gasteiger partial charge in [-0.05, 0) is 12.8 Å². The highest BCUT2D eigenvalue weighted by atomic mass is 32.1. The Kier molecular flexibility index (Phi) is 3.56. The van der Waals surface area contributed by atoms with Crippen LogP contribution in [0.3, 0.4) is 0 Å². The summed E-state index contributed by atoms with van der Waals surface area (Å²) in [6.45, 7) is 8.14. The lowest BCUT2D eigenvalue weighted by molar-refractivity contribution is 0.500. The van der Waals surface area contributed by atoms with Gasteiger partial charge in [0, 0.05) is 36.0 Å². The molecule has 1 unspecified atom stereocenters. The van der Waals surface area contributed by atoms with Crippen molar-refractivity contribution in [3.63, 3.8) is 0 Å². The molecule has 18 heavy (non-hydrogen) atoms. The molecule has 1 atom stereocenters. The van der Waals surface area contributed by atoms with Crippen LogP contribution in [-0.2, 0) is 5.41 Å². The summed E-state index contributed by atoms with van der Waals surface area (Å²) in [4.78, 5) is 6.83. The molecule has 0 bridgehead atoms. The minimum atomic E-state index is -0.00941. The first-order valence-electron chi connectivity index (χ1n) is 6.31. The van der Waals surface area contributed by atoms with Crippen molar-refractivity contribution >= 4 is 22.5 Å². The Morgan fingerprint density at radius 3 is 2.78 bits per heavy atom. The van der Waals surface area contributed by atoms with Gasteiger partial charge in [0.25, 0.3) is 0 Å². The average molecular weight is 267 g/mol. The second-order valence-corrected chi connectivity index (χ2v) is 6.62. The summed E-state index contributed by atoms with van der Waals surface area (Å²) in [5, 5.41) is 8.53. The van der Waals surface area contributed by atoms with Crippen molar-refractivity contribution in [2.24, 2.45) is 11.7 Å². The van der Waals surface area contributed by atoms with Gasteiger partial charge in [0.15, 0.2) is 0 Å². The van der Waals surface area contributed by atoms with Crippen molar-refractivity contribution in [3.8, 4) is 0 Å². The minimum absolute atomic E-state index is 0.00941. The predicted octanol–water partition coefficient (Wildman–Crippen LogP) is 1.99. The Morgan fingerprint density at radius 2 is 2.22 bits per heavy atom. The molecule has 1 fully saturated rings. The third-order valence-corrected chi connectivity index (χ3v) is 3.99. The predicted molar refractivity (Wildman–Crippen MR) is 75.5 cm³/mol. The molecule has 0 aromatic carbocycles. The van der Waals surface area contributed by atoms with E-state index in [4.69, 9.17) is 11.1 Å². The number of nitrogens with one attached hydrogen (secondary N) is 1. The van der Waals surface area contributed by atoms with Crippen LogP contribution in [0.25, 0.3) is 0 Å². The van der Waals surface area contributed by atoms with Crippen LogP contribution in [0.4, 0.5) is 5.13 Å². The molecule has 3 N–H and O–H groups in total. The molecular formula is C12H21N5S. The number of piperidine rings is 1. The van der Waals surface area contributed by atoms with E-state index in [2.05, 4.69) is 35.0 Å². The molecule has 1 aliphatic rings. The summed E-state index contributed by atoms with van der Waals surface area (Å²) in [7, 11) is 0. The Balaban J connectivity index is 2.12. The lowest BCUT2D eigenvalue weighted by atomic mass is 9.96. The van der Waals surface area contributed by atoms with Crippen molar-refractivity contribution < 1.29 is 0 Å². The molecule has 0 spiro atoms. The van der Waals surface area contributed by atoms with Gasteiger partial charge in [0.05, 0.1) is 5.84 Å². The summed E-state index contributed by atoms with van der Waals surface area (Å²) < 4.78 is 4.44. The second-order valence-electron chi connectivity index (χ2n) is 5.89. The van der Waals surface area contributed by atoms with Gasteiger partial charge < -0.3 is 10.6 Å². The molecule has 1 aliphatic heterocycles. The molecule has 0 aliphatic carbocycles. The number of nitrogens with zero attached hydrogens (tertiary/aromatic N) is 3.